The molecule has 0 radical (unpaired) electrons. The molecule has 0 aliphatic carbocycles. The largest absolute Gasteiger partial charge is 0.444 e. The summed E-state index contributed by atoms with van der Waals surface area (Å²) in [5.74, 6) is 0.950. The zero-order valence-electron chi connectivity index (χ0n) is 13.6. The number of ether oxygens (including phenoxy) is 1. The molecule has 0 spiro atoms. The molecule has 5 heteroatoms. The zero-order chi connectivity index (χ0) is 15.6. The van der Waals surface area contributed by atoms with Gasteiger partial charge in [0.15, 0.2) is 0 Å². The molecule has 1 fully saturated rings. The van der Waals surface area contributed by atoms with Crippen molar-refractivity contribution >= 4 is 11.9 Å². The summed E-state index contributed by atoms with van der Waals surface area (Å²) >= 11 is 0. The number of hydrogen-bond acceptors (Lipinski definition) is 4. The van der Waals surface area contributed by atoms with Crippen LogP contribution < -0.4 is 4.90 Å². The molecule has 1 aromatic heterocycles. The molecule has 0 bridgehead atoms. The first-order chi connectivity index (χ1) is 9.76. The Kier molecular flexibility index (Phi) is 4.40. The van der Waals surface area contributed by atoms with Crippen LogP contribution in [0.15, 0.2) is 18.3 Å². The van der Waals surface area contributed by atoms with Gasteiger partial charge < -0.3 is 14.5 Å². The number of rotatable bonds is 2. The second kappa shape index (κ2) is 5.92. The molecule has 0 N–H and O–H groups in total. The lowest BCUT2D eigenvalue weighted by molar-refractivity contribution is 0.0292. The fourth-order valence-electron chi connectivity index (χ4n) is 2.45. The molecule has 1 saturated heterocycles. The van der Waals surface area contributed by atoms with E-state index in [1.165, 1.54) is 5.56 Å². The number of hydrogen-bond donors (Lipinski definition) is 0. The van der Waals surface area contributed by atoms with Gasteiger partial charge in [-0.15, -0.1) is 0 Å². The van der Waals surface area contributed by atoms with E-state index in [1.807, 2.05) is 40.1 Å². The molecule has 1 amide bonds. The monoisotopic (exact) mass is 291 g/mol. The maximum absolute atomic E-state index is 12.1. The van der Waals surface area contributed by atoms with Crippen molar-refractivity contribution in [1.82, 2.24) is 9.88 Å². The molecule has 1 aliphatic rings. The molecular formula is C16H25N3O2. The van der Waals surface area contributed by atoms with Gasteiger partial charge in [0.05, 0.1) is 0 Å². The number of carbonyl (C=O) groups is 1. The maximum atomic E-state index is 12.1. The molecule has 1 aliphatic heterocycles. The van der Waals surface area contributed by atoms with Crippen molar-refractivity contribution in [3.05, 3.63) is 23.9 Å². The number of likely N-dealkylation sites (tertiary alicyclic amines) is 1. The maximum Gasteiger partial charge on any atom is 0.410 e. The quantitative estimate of drug-likeness (QED) is 0.840. The predicted molar refractivity (Wildman–Crippen MR) is 83.6 cm³/mol. The van der Waals surface area contributed by atoms with Crippen molar-refractivity contribution in [2.75, 3.05) is 25.0 Å². The van der Waals surface area contributed by atoms with Crippen molar-refractivity contribution in [2.45, 2.75) is 45.8 Å². The van der Waals surface area contributed by atoms with Gasteiger partial charge in [0.25, 0.3) is 0 Å². The Morgan fingerprint density at radius 1 is 1.48 bits per heavy atom. The van der Waals surface area contributed by atoms with Gasteiger partial charge in [-0.1, -0.05) is 0 Å². The molecule has 116 valence electrons. The first-order valence-electron chi connectivity index (χ1n) is 7.40. The molecule has 0 unspecified atom stereocenters. The van der Waals surface area contributed by atoms with Crippen LogP contribution in [0, 0.1) is 6.92 Å². The Bertz CT molecular complexity index is 510. The van der Waals surface area contributed by atoms with E-state index in [-0.39, 0.29) is 12.1 Å². The Hall–Kier alpha value is -1.78. The van der Waals surface area contributed by atoms with Crippen LogP contribution in [-0.4, -0.2) is 47.8 Å². The van der Waals surface area contributed by atoms with Crippen LogP contribution in [0.25, 0.3) is 0 Å². The summed E-state index contributed by atoms with van der Waals surface area (Å²) in [7, 11) is 2.03. The van der Waals surface area contributed by atoms with Gasteiger partial charge in [0.2, 0.25) is 0 Å². The molecule has 0 aromatic carbocycles. The standard InChI is InChI=1S/C16H25N3O2/c1-12-6-8-17-14(10-12)18(5)13-7-9-19(11-13)15(20)21-16(2,3)4/h6,8,10,13H,7,9,11H2,1-5H3/t13-/m0/s1. The Morgan fingerprint density at radius 2 is 2.19 bits per heavy atom. The Morgan fingerprint density at radius 3 is 2.81 bits per heavy atom. The van der Waals surface area contributed by atoms with E-state index in [0.717, 1.165) is 18.8 Å². The molecule has 5 nitrogen and oxygen atoms in total. The number of amides is 1. The molecular weight excluding hydrogens is 266 g/mol. The number of pyridine rings is 1. The predicted octanol–water partition coefficient (Wildman–Crippen LogP) is 2.84. The van der Waals surface area contributed by atoms with E-state index in [4.69, 9.17) is 4.74 Å². The molecule has 2 heterocycles. The fraction of sp³-hybridized carbons (Fsp3) is 0.625. The average Bonchev–Trinajstić information content (AvgIpc) is 2.85. The summed E-state index contributed by atoms with van der Waals surface area (Å²) in [5.41, 5.74) is 0.743. The van der Waals surface area contributed by atoms with Crippen LogP contribution in [0.5, 0.6) is 0 Å². The summed E-state index contributed by atoms with van der Waals surface area (Å²) in [6, 6.07) is 4.33. The molecule has 1 atom stereocenters. The summed E-state index contributed by atoms with van der Waals surface area (Å²) in [6.45, 7) is 9.14. The van der Waals surface area contributed by atoms with Crippen molar-refractivity contribution in [1.29, 1.82) is 0 Å². The average molecular weight is 291 g/mol. The number of nitrogens with zero attached hydrogens (tertiary/aromatic N) is 3. The van der Waals surface area contributed by atoms with Gasteiger partial charge in [-0.05, 0) is 51.8 Å². The van der Waals surface area contributed by atoms with Crippen molar-refractivity contribution in [3.63, 3.8) is 0 Å². The third-order valence-corrected chi connectivity index (χ3v) is 3.63. The number of carbonyl (C=O) groups excluding carboxylic acids is 1. The van der Waals surface area contributed by atoms with Crippen LogP contribution in [0.3, 0.4) is 0 Å². The third-order valence-electron chi connectivity index (χ3n) is 3.63. The van der Waals surface area contributed by atoms with Gasteiger partial charge >= 0.3 is 6.09 Å². The normalized spacial score (nSPS) is 18.7. The summed E-state index contributed by atoms with van der Waals surface area (Å²) in [4.78, 5) is 20.4. The van der Waals surface area contributed by atoms with Crippen LogP contribution in [0.2, 0.25) is 0 Å². The van der Waals surface area contributed by atoms with Gasteiger partial charge in [-0.2, -0.15) is 0 Å². The topological polar surface area (TPSA) is 45.7 Å². The first-order valence-corrected chi connectivity index (χ1v) is 7.40. The van der Waals surface area contributed by atoms with Crippen LogP contribution in [0.1, 0.15) is 32.8 Å². The molecule has 1 aromatic rings. The number of aromatic nitrogens is 1. The minimum atomic E-state index is -0.445. The highest BCUT2D eigenvalue weighted by Crippen LogP contribution is 2.22. The summed E-state index contributed by atoms with van der Waals surface area (Å²) in [5, 5.41) is 0. The Labute approximate surface area is 126 Å². The third kappa shape index (κ3) is 4.09. The lowest BCUT2D eigenvalue weighted by atomic mass is 10.2. The van der Waals surface area contributed by atoms with Crippen LogP contribution in [0.4, 0.5) is 10.6 Å². The van der Waals surface area contributed by atoms with E-state index in [9.17, 15) is 4.79 Å². The van der Waals surface area contributed by atoms with E-state index >= 15 is 0 Å². The van der Waals surface area contributed by atoms with Gasteiger partial charge in [0, 0.05) is 32.4 Å². The summed E-state index contributed by atoms with van der Waals surface area (Å²) in [6.07, 6.45) is 2.53. The van der Waals surface area contributed by atoms with E-state index in [1.54, 1.807) is 4.90 Å². The fourth-order valence-corrected chi connectivity index (χ4v) is 2.45. The van der Waals surface area contributed by atoms with Gasteiger partial charge in [-0.3, -0.25) is 0 Å². The number of likely N-dealkylation sites (N-methyl/N-ethyl adjacent to an activating group) is 1. The van der Waals surface area contributed by atoms with Crippen molar-refractivity contribution in [2.24, 2.45) is 0 Å². The van der Waals surface area contributed by atoms with Crippen LogP contribution >= 0.6 is 0 Å². The molecule has 2 rings (SSSR count). The molecule has 21 heavy (non-hydrogen) atoms. The van der Waals surface area contributed by atoms with Gasteiger partial charge in [0.1, 0.15) is 11.4 Å². The highest BCUT2D eigenvalue weighted by atomic mass is 16.6. The van der Waals surface area contributed by atoms with Crippen LogP contribution in [-0.2, 0) is 4.74 Å². The highest BCUT2D eigenvalue weighted by Gasteiger charge is 2.32. The SMILES string of the molecule is Cc1ccnc(N(C)[C@H]2CCN(C(=O)OC(C)(C)C)C2)c1. The Balaban J connectivity index is 1.97. The minimum absolute atomic E-state index is 0.226. The number of anilines is 1. The lowest BCUT2D eigenvalue weighted by Gasteiger charge is -2.27. The molecule has 0 saturated carbocycles. The second-order valence-electron chi connectivity index (χ2n) is 6.67. The number of aryl methyl sites for hydroxylation is 1. The first kappa shape index (κ1) is 15.6. The van der Waals surface area contributed by atoms with E-state index in [0.29, 0.717) is 6.54 Å². The van der Waals surface area contributed by atoms with E-state index in [2.05, 4.69) is 22.9 Å². The van der Waals surface area contributed by atoms with E-state index < -0.39 is 5.60 Å². The zero-order valence-corrected chi connectivity index (χ0v) is 13.6. The smallest absolute Gasteiger partial charge is 0.410 e. The lowest BCUT2D eigenvalue weighted by Crippen LogP contribution is -2.39. The minimum Gasteiger partial charge on any atom is -0.444 e. The summed E-state index contributed by atoms with van der Waals surface area (Å²) < 4.78 is 5.43. The van der Waals surface area contributed by atoms with Crippen molar-refractivity contribution < 1.29 is 9.53 Å². The van der Waals surface area contributed by atoms with Gasteiger partial charge in [-0.25, -0.2) is 9.78 Å². The second-order valence-corrected chi connectivity index (χ2v) is 6.67. The highest BCUT2D eigenvalue weighted by molar-refractivity contribution is 5.68. The van der Waals surface area contributed by atoms with Crippen molar-refractivity contribution in [3.8, 4) is 0 Å².